The number of carbonyl (C=O) groups is 2. The van der Waals surface area contributed by atoms with E-state index in [0.29, 0.717) is 11.3 Å². The number of para-hydroxylation sites is 1. The van der Waals surface area contributed by atoms with Gasteiger partial charge in [-0.25, -0.2) is 8.42 Å². The summed E-state index contributed by atoms with van der Waals surface area (Å²) in [6.07, 6.45) is 1.30. The largest absolute Gasteiger partial charge is 0.495 e. The van der Waals surface area contributed by atoms with Gasteiger partial charge in [-0.05, 0) is 30.3 Å². The number of nitrogens with zero attached hydrogens (tertiary/aromatic N) is 1. The molecule has 0 N–H and O–H groups in total. The minimum absolute atomic E-state index is 0.00814. The second kappa shape index (κ2) is 6.33. The van der Waals surface area contributed by atoms with Crippen molar-refractivity contribution in [2.45, 2.75) is 11.3 Å². The Morgan fingerprint density at radius 2 is 1.88 bits per heavy atom. The maximum atomic E-state index is 12.9. The summed E-state index contributed by atoms with van der Waals surface area (Å²) in [4.78, 5) is 26.4. The third-order valence-electron chi connectivity index (χ3n) is 4.11. The van der Waals surface area contributed by atoms with Gasteiger partial charge in [0, 0.05) is 30.3 Å². The molecule has 0 saturated heterocycles. The minimum Gasteiger partial charge on any atom is -0.495 e. The van der Waals surface area contributed by atoms with Crippen LogP contribution in [0, 0.1) is 0 Å². The van der Waals surface area contributed by atoms with E-state index in [4.69, 9.17) is 4.74 Å². The van der Waals surface area contributed by atoms with Gasteiger partial charge in [-0.15, -0.1) is 0 Å². The zero-order chi connectivity index (χ0) is 18.2. The molecule has 0 bridgehead atoms. The zero-order valence-corrected chi connectivity index (χ0v) is 14.7. The van der Waals surface area contributed by atoms with Crippen LogP contribution >= 0.6 is 0 Å². The molecular weight excluding hydrogens is 342 g/mol. The molecule has 1 amide bonds. The highest BCUT2D eigenvalue weighted by atomic mass is 32.2. The highest BCUT2D eigenvalue weighted by Gasteiger charge is 2.28. The molecule has 0 aromatic heterocycles. The highest BCUT2D eigenvalue weighted by molar-refractivity contribution is 7.90. The second-order valence-corrected chi connectivity index (χ2v) is 7.77. The summed E-state index contributed by atoms with van der Waals surface area (Å²) >= 11 is 0. The molecule has 0 radical (unpaired) electrons. The van der Waals surface area contributed by atoms with Crippen molar-refractivity contribution in [3.05, 3.63) is 53.6 Å². The van der Waals surface area contributed by atoms with Crippen molar-refractivity contribution in [1.29, 1.82) is 0 Å². The lowest BCUT2D eigenvalue weighted by Crippen LogP contribution is -2.37. The van der Waals surface area contributed by atoms with Crippen molar-refractivity contribution in [2.24, 2.45) is 0 Å². The molecule has 0 atom stereocenters. The van der Waals surface area contributed by atoms with Gasteiger partial charge in [-0.1, -0.05) is 12.1 Å². The van der Waals surface area contributed by atoms with Gasteiger partial charge in [0.1, 0.15) is 10.6 Å². The Hall–Kier alpha value is -2.67. The number of benzene rings is 2. The molecule has 3 rings (SSSR count). The Kier molecular flexibility index (Phi) is 4.34. The fraction of sp³-hybridized carbons (Fsp3) is 0.222. The maximum absolute atomic E-state index is 12.9. The number of Topliss-reactive ketones (excluding diaryl/α,β-unsaturated/α-hetero) is 1. The van der Waals surface area contributed by atoms with Crippen LogP contribution in [0.25, 0.3) is 0 Å². The first-order chi connectivity index (χ1) is 11.8. The molecular formula is C18H17NO5S. The van der Waals surface area contributed by atoms with Crippen LogP contribution in [0.2, 0.25) is 0 Å². The number of amides is 1. The molecule has 1 aliphatic heterocycles. The SMILES string of the molecule is COc1ccc(C(=O)N2CCC(=O)c3ccccc32)cc1S(C)(=O)=O. The van der Waals surface area contributed by atoms with Gasteiger partial charge in [0.2, 0.25) is 0 Å². The summed E-state index contributed by atoms with van der Waals surface area (Å²) < 4.78 is 29.0. The number of ether oxygens (including phenoxy) is 1. The number of hydrogen-bond acceptors (Lipinski definition) is 5. The summed E-state index contributed by atoms with van der Waals surface area (Å²) in [6.45, 7) is 0.259. The van der Waals surface area contributed by atoms with Crippen LogP contribution in [-0.2, 0) is 9.84 Å². The van der Waals surface area contributed by atoms with Gasteiger partial charge < -0.3 is 9.64 Å². The number of fused-ring (bicyclic) bond motifs is 1. The number of methoxy groups -OCH3 is 1. The van der Waals surface area contributed by atoms with Gasteiger partial charge in [-0.3, -0.25) is 9.59 Å². The molecule has 0 fully saturated rings. The molecule has 7 heteroatoms. The number of carbonyl (C=O) groups excluding carboxylic acids is 2. The molecule has 0 spiro atoms. The number of ketones is 1. The van der Waals surface area contributed by atoms with Crippen molar-refractivity contribution in [3.8, 4) is 5.75 Å². The molecule has 0 aliphatic carbocycles. The number of hydrogen-bond donors (Lipinski definition) is 0. The van der Waals surface area contributed by atoms with E-state index < -0.39 is 9.84 Å². The standard InChI is InChI=1S/C18H17NO5S/c1-24-16-8-7-12(11-17(16)25(2,22)23)18(21)19-10-9-15(20)13-5-3-4-6-14(13)19/h3-8,11H,9-10H2,1-2H3. The average molecular weight is 359 g/mol. The van der Waals surface area contributed by atoms with E-state index in [1.807, 2.05) is 0 Å². The highest BCUT2D eigenvalue weighted by Crippen LogP contribution is 2.30. The normalized spacial score (nSPS) is 14.2. The second-order valence-electron chi connectivity index (χ2n) is 5.78. The number of anilines is 1. The Balaban J connectivity index is 2.05. The molecule has 2 aromatic rings. The maximum Gasteiger partial charge on any atom is 0.258 e. The lowest BCUT2D eigenvalue weighted by atomic mass is 9.99. The molecule has 0 unspecified atom stereocenters. The molecule has 130 valence electrons. The zero-order valence-electron chi connectivity index (χ0n) is 13.9. The minimum atomic E-state index is -3.55. The van der Waals surface area contributed by atoms with Crippen LogP contribution in [0.4, 0.5) is 5.69 Å². The molecule has 6 nitrogen and oxygen atoms in total. The number of rotatable bonds is 3. The van der Waals surface area contributed by atoms with Crippen LogP contribution in [0.15, 0.2) is 47.4 Å². The monoisotopic (exact) mass is 359 g/mol. The number of sulfone groups is 1. The van der Waals surface area contributed by atoms with Crippen LogP contribution < -0.4 is 9.64 Å². The Bertz CT molecular complexity index is 965. The molecule has 0 saturated carbocycles. The fourth-order valence-electron chi connectivity index (χ4n) is 2.88. The first-order valence-corrected chi connectivity index (χ1v) is 9.54. The lowest BCUT2D eigenvalue weighted by molar-refractivity contribution is 0.0955. The predicted octanol–water partition coefficient (Wildman–Crippen LogP) is 2.33. The van der Waals surface area contributed by atoms with E-state index in [1.165, 1.54) is 30.2 Å². The molecule has 25 heavy (non-hydrogen) atoms. The van der Waals surface area contributed by atoms with E-state index in [1.54, 1.807) is 24.3 Å². The van der Waals surface area contributed by atoms with Gasteiger partial charge in [-0.2, -0.15) is 0 Å². The summed E-state index contributed by atoms with van der Waals surface area (Å²) in [7, 11) is -2.18. The van der Waals surface area contributed by atoms with E-state index in [2.05, 4.69) is 0 Å². The van der Waals surface area contributed by atoms with Crippen molar-refractivity contribution in [3.63, 3.8) is 0 Å². The Labute approximate surface area is 145 Å². The van der Waals surface area contributed by atoms with E-state index in [0.717, 1.165) is 6.26 Å². The van der Waals surface area contributed by atoms with Gasteiger partial charge in [0.15, 0.2) is 15.6 Å². The van der Waals surface area contributed by atoms with Crippen LogP contribution in [0.3, 0.4) is 0 Å². The molecule has 1 aliphatic rings. The van der Waals surface area contributed by atoms with Crippen LogP contribution in [0.5, 0.6) is 5.75 Å². The van der Waals surface area contributed by atoms with E-state index in [-0.39, 0.29) is 40.9 Å². The first kappa shape index (κ1) is 17.2. The molecule has 2 aromatic carbocycles. The van der Waals surface area contributed by atoms with E-state index >= 15 is 0 Å². The van der Waals surface area contributed by atoms with Gasteiger partial charge in [0.25, 0.3) is 5.91 Å². The smallest absolute Gasteiger partial charge is 0.258 e. The third-order valence-corrected chi connectivity index (χ3v) is 5.23. The fourth-order valence-corrected chi connectivity index (χ4v) is 3.74. The van der Waals surface area contributed by atoms with E-state index in [9.17, 15) is 18.0 Å². The quantitative estimate of drug-likeness (QED) is 0.840. The van der Waals surface area contributed by atoms with Crippen molar-refractivity contribution in [2.75, 3.05) is 24.8 Å². The van der Waals surface area contributed by atoms with Gasteiger partial charge >= 0.3 is 0 Å². The van der Waals surface area contributed by atoms with Gasteiger partial charge in [0.05, 0.1) is 12.8 Å². The average Bonchev–Trinajstić information content (AvgIpc) is 2.60. The molecule has 1 heterocycles. The van der Waals surface area contributed by atoms with Crippen molar-refractivity contribution >= 4 is 27.2 Å². The Morgan fingerprint density at radius 1 is 1.16 bits per heavy atom. The Morgan fingerprint density at radius 3 is 2.56 bits per heavy atom. The summed E-state index contributed by atoms with van der Waals surface area (Å²) in [5.41, 5.74) is 1.27. The summed E-state index contributed by atoms with van der Waals surface area (Å²) in [6, 6.07) is 11.2. The van der Waals surface area contributed by atoms with Crippen molar-refractivity contribution < 1.29 is 22.7 Å². The topological polar surface area (TPSA) is 80.8 Å². The summed E-state index contributed by atoms with van der Waals surface area (Å²) in [5, 5.41) is 0. The first-order valence-electron chi connectivity index (χ1n) is 7.65. The van der Waals surface area contributed by atoms with Crippen LogP contribution in [0.1, 0.15) is 27.1 Å². The summed E-state index contributed by atoms with van der Waals surface area (Å²) in [5.74, 6) is -0.174. The predicted molar refractivity (Wildman–Crippen MR) is 93.2 cm³/mol. The van der Waals surface area contributed by atoms with Crippen LogP contribution in [-0.4, -0.2) is 40.0 Å². The lowest BCUT2D eigenvalue weighted by Gasteiger charge is -2.28. The third kappa shape index (κ3) is 3.15. The van der Waals surface area contributed by atoms with Crippen molar-refractivity contribution in [1.82, 2.24) is 0 Å².